The van der Waals surface area contributed by atoms with Crippen molar-refractivity contribution in [2.45, 2.75) is 320 Å². The Morgan fingerprint density at radius 3 is 1.44 bits per heavy atom. The van der Waals surface area contributed by atoms with Crippen molar-refractivity contribution in [3.8, 4) is 0 Å². The van der Waals surface area contributed by atoms with Crippen molar-refractivity contribution in [2.75, 3.05) is 13.2 Å². The highest BCUT2D eigenvalue weighted by Gasteiger charge is 2.47. The van der Waals surface area contributed by atoms with Crippen molar-refractivity contribution in [3.63, 3.8) is 0 Å². The largest absolute Gasteiger partial charge is 0.454 e. The van der Waals surface area contributed by atoms with Gasteiger partial charge in [-0.2, -0.15) is 0 Å². The molecule has 1 fully saturated rings. The lowest BCUT2D eigenvalue weighted by Gasteiger charge is -2.41. The first-order chi connectivity index (χ1) is 37.7. The molecule has 11 heteroatoms. The van der Waals surface area contributed by atoms with Gasteiger partial charge in [-0.3, -0.25) is 9.59 Å². The molecule has 0 aliphatic carbocycles. The normalized spacial score (nSPS) is 19.5. The summed E-state index contributed by atoms with van der Waals surface area (Å²) in [6.07, 6.45) is 57.9. The molecule has 0 saturated carbocycles. The molecule has 0 spiro atoms. The number of carbonyl (C=O) groups excluding carboxylic acids is 2. The smallest absolute Gasteiger partial charge is 0.306 e. The predicted octanol–water partition coefficient (Wildman–Crippen LogP) is 15.2. The topological polar surface area (TPSA) is 175 Å². The minimum atomic E-state index is -1.62. The lowest BCUT2D eigenvalue weighted by molar-refractivity contribution is -0.305. The summed E-state index contributed by atoms with van der Waals surface area (Å²) in [5.41, 5.74) is 0. The third-order valence-electron chi connectivity index (χ3n) is 14.6. The average Bonchev–Trinajstić information content (AvgIpc) is 3.43. The van der Waals surface area contributed by atoms with Gasteiger partial charge in [0, 0.05) is 6.42 Å². The van der Waals surface area contributed by atoms with Crippen LogP contribution in [0.1, 0.15) is 271 Å². The lowest BCUT2D eigenvalue weighted by atomic mass is 9.99. The molecule has 11 nitrogen and oxygen atoms in total. The number of aliphatic hydroxyl groups excluding tert-OH is 5. The molecule has 77 heavy (non-hydrogen) atoms. The van der Waals surface area contributed by atoms with E-state index in [1.807, 2.05) is 6.08 Å². The van der Waals surface area contributed by atoms with Crippen molar-refractivity contribution in [1.82, 2.24) is 5.32 Å². The Hall–Kier alpha value is -2.90. The van der Waals surface area contributed by atoms with E-state index in [0.29, 0.717) is 12.8 Å². The standard InChI is InChI=1S/C66H117NO10/c1-4-7-10-13-16-19-22-24-26-27-28-29-30-31-32-33-34-36-39-42-45-48-51-54-61(71)77-64-63(73)62(72)60(55-68)76-66(64)75-56-57(58(69)52-49-46-43-40-37-21-18-15-12-9-6-3)67-65(74)59(70)53-50-47-44-41-38-35-25-23-20-17-14-11-8-5-2/h16-17,19-20,23-26,28-29,49,52,57-60,62-64,66,68-70,72-73H,4-15,18,21-22,27,30-48,50-51,53-56H2,1-3H3,(H,67,74)/b19-16-,20-17+,25-23+,26-24-,29-28-,52-49+. The summed E-state index contributed by atoms with van der Waals surface area (Å²) in [5.74, 6) is -1.21. The molecule has 0 aromatic carbocycles. The number of allylic oxidation sites excluding steroid dienone is 11. The molecule has 0 radical (unpaired) electrons. The number of nitrogens with one attached hydrogen (secondary N) is 1. The Morgan fingerprint density at radius 1 is 0.519 bits per heavy atom. The highest BCUT2D eigenvalue weighted by molar-refractivity contribution is 5.80. The first-order valence-corrected chi connectivity index (χ1v) is 31.7. The number of ether oxygens (including phenoxy) is 3. The summed E-state index contributed by atoms with van der Waals surface area (Å²) in [7, 11) is 0. The fourth-order valence-electron chi connectivity index (χ4n) is 9.53. The first-order valence-electron chi connectivity index (χ1n) is 31.7. The number of carbonyl (C=O) groups is 2. The van der Waals surface area contributed by atoms with Crippen molar-refractivity contribution in [2.24, 2.45) is 0 Å². The third-order valence-corrected chi connectivity index (χ3v) is 14.6. The summed E-state index contributed by atoms with van der Waals surface area (Å²) in [6.45, 7) is 5.72. The van der Waals surface area contributed by atoms with Gasteiger partial charge in [0.15, 0.2) is 12.4 Å². The van der Waals surface area contributed by atoms with E-state index in [2.05, 4.69) is 86.8 Å². The van der Waals surface area contributed by atoms with Crippen LogP contribution in [0.2, 0.25) is 0 Å². The fraction of sp³-hybridized carbons (Fsp3) is 0.788. The van der Waals surface area contributed by atoms with Crippen LogP contribution >= 0.6 is 0 Å². The van der Waals surface area contributed by atoms with Crippen LogP contribution in [0.3, 0.4) is 0 Å². The molecular formula is C66H117NO10. The number of amides is 1. The maximum Gasteiger partial charge on any atom is 0.306 e. The number of hydrogen-bond donors (Lipinski definition) is 6. The molecule has 1 heterocycles. The molecule has 8 atom stereocenters. The second kappa shape index (κ2) is 53.7. The van der Waals surface area contributed by atoms with Crippen LogP contribution in [-0.2, 0) is 23.8 Å². The Balaban J connectivity index is 2.62. The first kappa shape index (κ1) is 72.1. The molecule has 0 aromatic heterocycles. The van der Waals surface area contributed by atoms with Crippen molar-refractivity contribution < 1.29 is 49.3 Å². The SMILES string of the molecule is CCCCC/C=C\C/C=C\C/C=C\CCCCCCCCCCCCC(=O)OC1C(OCC(NC(=O)C(O)CCCCCCC/C=C/C=C/CCCCC)C(O)/C=C/CCCCCCCCCCC)OC(CO)C(O)C1O. The van der Waals surface area contributed by atoms with Gasteiger partial charge >= 0.3 is 5.97 Å². The van der Waals surface area contributed by atoms with Crippen molar-refractivity contribution in [1.29, 1.82) is 0 Å². The number of unbranched alkanes of at least 4 members (excludes halogenated alkanes) is 30. The molecule has 1 saturated heterocycles. The van der Waals surface area contributed by atoms with Crippen molar-refractivity contribution in [3.05, 3.63) is 72.9 Å². The van der Waals surface area contributed by atoms with E-state index < -0.39 is 67.4 Å². The Labute approximate surface area is 471 Å². The van der Waals surface area contributed by atoms with Crippen LogP contribution < -0.4 is 5.32 Å². The Bertz CT molecular complexity index is 1530. The summed E-state index contributed by atoms with van der Waals surface area (Å²) in [6, 6.07) is -1.03. The zero-order valence-corrected chi connectivity index (χ0v) is 49.3. The van der Waals surface area contributed by atoms with E-state index in [4.69, 9.17) is 14.2 Å². The van der Waals surface area contributed by atoms with Gasteiger partial charge < -0.3 is 45.1 Å². The van der Waals surface area contributed by atoms with Gasteiger partial charge in [-0.15, -0.1) is 0 Å². The monoisotopic (exact) mass is 1080 g/mol. The van der Waals surface area contributed by atoms with Gasteiger partial charge in [0.1, 0.15) is 24.4 Å². The molecule has 0 aromatic rings. The molecule has 1 rings (SSSR count). The number of hydrogen-bond acceptors (Lipinski definition) is 10. The van der Waals surface area contributed by atoms with Crippen LogP contribution in [0.25, 0.3) is 0 Å². The second-order valence-corrected chi connectivity index (χ2v) is 21.8. The van der Waals surface area contributed by atoms with Crippen LogP contribution in [0.5, 0.6) is 0 Å². The van der Waals surface area contributed by atoms with E-state index >= 15 is 0 Å². The zero-order chi connectivity index (χ0) is 56.1. The second-order valence-electron chi connectivity index (χ2n) is 21.8. The number of aliphatic hydroxyl groups is 5. The highest BCUT2D eigenvalue weighted by atomic mass is 16.7. The minimum absolute atomic E-state index is 0.115. The van der Waals surface area contributed by atoms with Crippen LogP contribution in [-0.4, -0.2) is 99.6 Å². The van der Waals surface area contributed by atoms with E-state index in [0.717, 1.165) is 96.3 Å². The average molecular weight is 1080 g/mol. The summed E-state index contributed by atoms with van der Waals surface area (Å²) in [5, 5.41) is 56.9. The van der Waals surface area contributed by atoms with E-state index in [1.54, 1.807) is 6.08 Å². The number of esters is 1. The summed E-state index contributed by atoms with van der Waals surface area (Å²) in [4.78, 5) is 26.5. The Kier molecular flexibility index (Phi) is 50.3. The van der Waals surface area contributed by atoms with Gasteiger partial charge in [0.25, 0.3) is 0 Å². The van der Waals surface area contributed by atoms with Gasteiger partial charge in [-0.25, -0.2) is 0 Å². The van der Waals surface area contributed by atoms with Crippen LogP contribution in [0.4, 0.5) is 0 Å². The zero-order valence-electron chi connectivity index (χ0n) is 49.3. The van der Waals surface area contributed by atoms with Crippen LogP contribution in [0.15, 0.2) is 72.9 Å². The van der Waals surface area contributed by atoms with Gasteiger partial charge in [-0.1, -0.05) is 248 Å². The molecule has 0 bridgehead atoms. The molecule has 8 unspecified atom stereocenters. The molecule has 1 amide bonds. The summed E-state index contributed by atoms with van der Waals surface area (Å²) < 4.78 is 17.6. The van der Waals surface area contributed by atoms with Gasteiger partial charge in [-0.05, 0) is 89.9 Å². The molecular weight excluding hydrogens is 967 g/mol. The quantitative estimate of drug-likeness (QED) is 0.0149. The van der Waals surface area contributed by atoms with Gasteiger partial charge in [0.05, 0.1) is 25.4 Å². The number of rotatable bonds is 53. The molecule has 1 aliphatic heterocycles. The van der Waals surface area contributed by atoms with Gasteiger partial charge in [0.2, 0.25) is 5.91 Å². The van der Waals surface area contributed by atoms with Crippen molar-refractivity contribution >= 4 is 11.9 Å². The van der Waals surface area contributed by atoms with E-state index in [1.165, 1.54) is 128 Å². The third kappa shape index (κ3) is 41.7. The minimum Gasteiger partial charge on any atom is -0.454 e. The molecule has 6 N–H and O–H groups in total. The highest BCUT2D eigenvalue weighted by Crippen LogP contribution is 2.26. The maximum absolute atomic E-state index is 13.4. The predicted molar refractivity (Wildman–Crippen MR) is 319 cm³/mol. The van der Waals surface area contributed by atoms with E-state index in [9.17, 15) is 35.1 Å². The van der Waals surface area contributed by atoms with Crippen LogP contribution in [0, 0.1) is 0 Å². The fourth-order valence-corrected chi connectivity index (χ4v) is 9.53. The molecule has 1 aliphatic rings. The summed E-state index contributed by atoms with van der Waals surface area (Å²) >= 11 is 0. The Morgan fingerprint density at radius 2 is 0.935 bits per heavy atom. The lowest BCUT2D eigenvalue weighted by Crippen LogP contribution is -2.61. The van der Waals surface area contributed by atoms with E-state index in [-0.39, 0.29) is 19.4 Å². The molecule has 446 valence electrons. The maximum atomic E-state index is 13.4.